The lowest BCUT2D eigenvalue weighted by molar-refractivity contribution is 0.417. The van der Waals surface area contributed by atoms with Crippen molar-refractivity contribution in [1.29, 1.82) is 0 Å². The summed E-state index contributed by atoms with van der Waals surface area (Å²) in [6.07, 6.45) is 3.62. The molecule has 0 aliphatic heterocycles. The van der Waals surface area contributed by atoms with Crippen molar-refractivity contribution in [3.8, 4) is 17.0 Å². The van der Waals surface area contributed by atoms with Crippen molar-refractivity contribution in [3.63, 3.8) is 0 Å². The smallest absolute Gasteiger partial charge is 0.213 e. The Kier molecular flexibility index (Phi) is 8.03. The third-order valence-electron chi connectivity index (χ3n) is 3.95. The number of rotatable bonds is 4. The van der Waals surface area contributed by atoms with Crippen LogP contribution < -0.4 is 15.8 Å². The Morgan fingerprint density at radius 2 is 1.69 bits per heavy atom. The highest BCUT2D eigenvalue weighted by Crippen LogP contribution is 2.29. The molecule has 0 aliphatic carbocycles. The molecule has 4 aromatic rings. The zero-order valence-corrected chi connectivity index (χ0v) is 17.7. The number of ether oxygens (including phenoxy) is 1. The van der Waals surface area contributed by atoms with E-state index < -0.39 is 0 Å². The van der Waals surface area contributed by atoms with Crippen LogP contribution in [0.2, 0.25) is 0 Å². The Balaban J connectivity index is 0.000000707. The van der Waals surface area contributed by atoms with Crippen LogP contribution >= 0.6 is 0 Å². The van der Waals surface area contributed by atoms with Crippen LogP contribution in [-0.4, -0.2) is 21.5 Å². The molecule has 3 N–H and O–H groups in total. The van der Waals surface area contributed by atoms with Gasteiger partial charge in [0.25, 0.3) is 0 Å². The van der Waals surface area contributed by atoms with E-state index in [0.29, 0.717) is 17.4 Å². The predicted octanol–water partition coefficient (Wildman–Crippen LogP) is 5.78. The molecule has 2 heterocycles. The molecule has 0 fully saturated rings. The highest BCUT2D eigenvalue weighted by Gasteiger charge is 2.10. The van der Waals surface area contributed by atoms with E-state index in [-0.39, 0.29) is 0 Å². The second-order valence-corrected chi connectivity index (χ2v) is 5.57. The predicted molar refractivity (Wildman–Crippen MR) is 122 cm³/mol. The standard InChI is InChI=1S/C19H17N5O.2C2H6/c1-25-17-8-7-13(11-15(17)20)16-12-18-21-9-10-24(18)19(23-16)22-14-5-3-2-4-6-14;2*1-2/h2-12H,20H2,1H3,(H,22,23);2*1-2H3. The summed E-state index contributed by atoms with van der Waals surface area (Å²) in [6, 6.07) is 17.5. The van der Waals surface area contributed by atoms with Gasteiger partial charge in [-0.3, -0.25) is 4.40 Å². The van der Waals surface area contributed by atoms with Crippen LogP contribution in [0, 0.1) is 0 Å². The van der Waals surface area contributed by atoms with Crippen LogP contribution in [0.25, 0.3) is 16.9 Å². The molecule has 4 rings (SSSR count). The minimum Gasteiger partial charge on any atom is -0.495 e. The van der Waals surface area contributed by atoms with E-state index in [9.17, 15) is 0 Å². The number of imidazole rings is 1. The van der Waals surface area contributed by atoms with Crippen molar-refractivity contribution >= 4 is 23.0 Å². The Labute approximate surface area is 172 Å². The summed E-state index contributed by atoms with van der Waals surface area (Å²) >= 11 is 0. The lowest BCUT2D eigenvalue weighted by Gasteiger charge is -2.11. The van der Waals surface area contributed by atoms with E-state index in [1.54, 1.807) is 13.3 Å². The molecule has 6 nitrogen and oxygen atoms in total. The first-order valence-corrected chi connectivity index (χ1v) is 9.84. The SMILES string of the molecule is CC.CC.COc1ccc(-c2cc3nccn3c(Nc3ccccc3)n2)cc1N. The van der Waals surface area contributed by atoms with Crippen LogP contribution in [-0.2, 0) is 0 Å². The van der Waals surface area contributed by atoms with Gasteiger partial charge in [0.2, 0.25) is 5.95 Å². The van der Waals surface area contributed by atoms with Crippen LogP contribution in [0.5, 0.6) is 5.75 Å². The molecule has 0 bridgehead atoms. The highest BCUT2D eigenvalue weighted by molar-refractivity contribution is 5.72. The van der Waals surface area contributed by atoms with Crippen LogP contribution in [0.1, 0.15) is 27.7 Å². The number of anilines is 3. The van der Waals surface area contributed by atoms with Gasteiger partial charge in [-0.25, -0.2) is 9.97 Å². The number of hydrogen-bond acceptors (Lipinski definition) is 5. The lowest BCUT2D eigenvalue weighted by atomic mass is 10.1. The molecule has 29 heavy (non-hydrogen) atoms. The Morgan fingerprint density at radius 1 is 0.966 bits per heavy atom. The van der Waals surface area contributed by atoms with E-state index in [4.69, 9.17) is 15.5 Å². The first-order chi connectivity index (χ1) is 14.2. The van der Waals surface area contributed by atoms with E-state index in [1.165, 1.54) is 0 Å². The third kappa shape index (κ3) is 5.04. The number of nitrogens with one attached hydrogen (secondary N) is 1. The third-order valence-corrected chi connectivity index (χ3v) is 3.95. The number of aromatic nitrogens is 3. The second kappa shape index (κ2) is 10.7. The maximum atomic E-state index is 6.03. The molecule has 0 amide bonds. The van der Waals surface area contributed by atoms with Gasteiger partial charge in [0.05, 0.1) is 18.5 Å². The molecule has 152 valence electrons. The summed E-state index contributed by atoms with van der Waals surface area (Å²) < 4.78 is 7.13. The summed E-state index contributed by atoms with van der Waals surface area (Å²) in [6.45, 7) is 8.00. The number of hydrogen-bond donors (Lipinski definition) is 2. The van der Waals surface area contributed by atoms with Crippen molar-refractivity contribution < 1.29 is 4.74 Å². The van der Waals surface area contributed by atoms with Crippen LogP contribution in [0.4, 0.5) is 17.3 Å². The Bertz CT molecular complexity index is 1030. The highest BCUT2D eigenvalue weighted by atomic mass is 16.5. The fourth-order valence-corrected chi connectivity index (χ4v) is 2.70. The molecule has 6 heteroatoms. The molecular weight excluding hydrogens is 362 g/mol. The summed E-state index contributed by atoms with van der Waals surface area (Å²) in [5.74, 6) is 1.33. The molecule has 0 saturated carbocycles. The van der Waals surface area contributed by atoms with Crippen molar-refractivity contribution in [2.45, 2.75) is 27.7 Å². The van der Waals surface area contributed by atoms with Gasteiger partial charge in [0.15, 0.2) is 0 Å². The zero-order chi connectivity index (χ0) is 21.2. The van der Waals surface area contributed by atoms with Crippen molar-refractivity contribution in [2.24, 2.45) is 0 Å². The van der Waals surface area contributed by atoms with Gasteiger partial charge in [0, 0.05) is 29.7 Å². The summed E-state index contributed by atoms with van der Waals surface area (Å²) in [4.78, 5) is 9.14. The maximum absolute atomic E-state index is 6.03. The molecular formula is C23H29N5O. The second-order valence-electron chi connectivity index (χ2n) is 5.57. The number of fused-ring (bicyclic) bond motifs is 1. The fraction of sp³-hybridized carbons (Fsp3) is 0.217. The Hall–Kier alpha value is -3.54. The summed E-state index contributed by atoms with van der Waals surface area (Å²) in [7, 11) is 1.60. The van der Waals surface area contributed by atoms with Crippen molar-refractivity contribution in [3.05, 3.63) is 67.0 Å². The first kappa shape index (κ1) is 21.8. The number of nitrogens with zero attached hydrogens (tertiary/aromatic N) is 3. The molecule has 0 spiro atoms. The average molecular weight is 392 g/mol. The monoisotopic (exact) mass is 391 g/mol. The first-order valence-electron chi connectivity index (χ1n) is 9.84. The van der Waals surface area contributed by atoms with Crippen LogP contribution in [0.3, 0.4) is 0 Å². The number of methoxy groups -OCH3 is 1. The van der Waals surface area contributed by atoms with Gasteiger partial charge in [-0.1, -0.05) is 45.9 Å². The molecule has 0 unspecified atom stereocenters. The lowest BCUT2D eigenvalue weighted by Crippen LogP contribution is -2.02. The largest absolute Gasteiger partial charge is 0.495 e. The quantitative estimate of drug-likeness (QED) is 0.431. The van der Waals surface area contributed by atoms with Gasteiger partial charge in [-0.2, -0.15) is 0 Å². The summed E-state index contributed by atoms with van der Waals surface area (Å²) in [5.41, 5.74) is 10.1. The van der Waals surface area contributed by atoms with Gasteiger partial charge >= 0.3 is 0 Å². The maximum Gasteiger partial charge on any atom is 0.213 e. The molecule has 0 aliphatic rings. The number of benzene rings is 2. The van der Waals surface area contributed by atoms with E-state index in [0.717, 1.165) is 22.6 Å². The van der Waals surface area contributed by atoms with Crippen molar-refractivity contribution in [2.75, 3.05) is 18.2 Å². The fourth-order valence-electron chi connectivity index (χ4n) is 2.70. The number of para-hydroxylation sites is 1. The van der Waals surface area contributed by atoms with Gasteiger partial charge in [0.1, 0.15) is 11.4 Å². The molecule has 2 aromatic carbocycles. The summed E-state index contributed by atoms with van der Waals surface area (Å²) in [5, 5.41) is 3.34. The van der Waals surface area contributed by atoms with E-state index in [1.807, 2.05) is 92.9 Å². The molecule has 2 aromatic heterocycles. The average Bonchev–Trinajstić information content (AvgIpc) is 3.26. The Morgan fingerprint density at radius 3 is 2.34 bits per heavy atom. The topological polar surface area (TPSA) is 77.5 Å². The molecule has 0 saturated heterocycles. The number of nitrogen functional groups attached to an aromatic ring is 1. The normalized spacial score (nSPS) is 9.69. The van der Waals surface area contributed by atoms with Crippen LogP contribution in [0.15, 0.2) is 67.0 Å². The van der Waals surface area contributed by atoms with Gasteiger partial charge < -0.3 is 15.8 Å². The molecule has 0 atom stereocenters. The van der Waals surface area contributed by atoms with E-state index in [2.05, 4.69) is 10.3 Å². The minimum atomic E-state index is 0.572. The minimum absolute atomic E-state index is 0.572. The zero-order valence-electron chi connectivity index (χ0n) is 17.7. The van der Waals surface area contributed by atoms with E-state index >= 15 is 0 Å². The number of nitrogens with two attached hydrogens (primary N) is 1. The van der Waals surface area contributed by atoms with Gasteiger partial charge in [-0.05, 0) is 30.3 Å². The molecule has 0 radical (unpaired) electrons. The van der Waals surface area contributed by atoms with Gasteiger partial charge in [-0.15, -0.1) is 0 Å². The van der Waals surface area contributed by atoms with Crippen molar-refractivity contribution in [1.82, 2.24) is 14.4 Å².